The minimum absolute atomic E-state index is 0.838. The van der Waals surface area contributed by atoms with Crippen LogP contribution < -0.4 is 0 Å². The molecule has 0 saturated heterocycles. The van der Waals surface area contributed by atoms with Gasteiger partial charge in [0.2, 0.25) is 0 Å². The monoisotopic (exact) mass is 314 g/mol. The second-order valence-corrected chi connectivity index (χ2v) is 7.82. The fourth-order valence-corrected chi connectivity index (χ4v) is 5.18. The summed E-state index contributed by atoms with van der Waals surface area (Å²) in [5, 5.41) is 0. The summed E-state index contributed by atoms with van der Waals surface area (Å²) < 4.78 is 0. The van der Waals surface area contributed by atoms with Crippen molar-refractivity contribution in [3.05, 3.63) is 0 Å². The molecular formula is C17H31Br. The Hall–Kier alpha value is 0.480. The lowest BCUT2D eigenvalue weighted by Gasteiger charge is -2.36. The Morgan fingerprint density at radius 1 is 0.889 bits per heavy atom. The minimum atomic E-state index is 0.838. The van der Waals surface area contributed by atoms with Gasteiger partial charge in [0, 0.05) is 4.83 Å². The van der Waals surface area contributed by atoms with Gasteiger partial charge in [0.15, 0.2) is 0 Å². The van der Waals surface area contributed by atoms with Gasteiger partial charge in [-0.25, -0.2) is 0 Å². The van der Waals surface area contributed by atoms with Gasteiger partial charge in [-0.2, -0.15) is 0 Å². The van der Waals surface area contributed by atoms with Gasteiger partial charge in [-0.1, -0.05) is 74.2 Å². The van der Waals surface area contributed by atoms with Crippen LogP contribution in [-0.4, -0.2) is 4.83 Å². The van der Waals surface area contributed by atoms with Crippen molar-refractivity contribution in [2.75, 3.05) is 0 Å². The SMILES string of the molecule is CCCCC1CCC(C(Br)C2CCCCC2)CC1. The van der Waals surface area contributed by atoms with Crippen molar-refractivity contribution in [1.82, 2.24) is 0 Å². The smallest absolute Gasteiger partial charge is 0.0202 e. The van der Waals surface area contributed by atoms with Crippen LogP contribution in [0.2, 0.25) is 0 Å². The van der Waals surface area contributed by atoms with E-state index in [1.54, 1.807) is 0 Å². The van der Waals surface area contributed by atoms with Crippen LogP contribution in [0.25, 0.3) is 0 Å². The molecule has 18 heavy (non-hydrogen) atoms. The predicted octanol–water partition coefficient (Wildman–Crippen LogP) is 6.33. The normalized spacial score (nSPS) is 32.3. The zero-order valence-corrected chi connectivity index (χ0v) is 13.8. The van der Waals surface area contributed by atoms with Gasteiger partial charge in [0.05, 0.1) is 0 Å². The van der Waals surface area contributed by atoms with Gasteiger partial charge in [-0.05, 0) is 43.4 Å². The molecule has 1 atom stereocenters. The number of rotatable bonds is 5. The lowest BCUT2D eigenvalue weighted by Crippen LogP contribution is -2.29. The summed E-state index contributed by atoms with van der Waals surface area (Å²) in [6, 6.07) is 0. The maximum Gasteiger partial charge on any atom is 0.0202 e. The Bertz CT molecular complexity index is 212. The number of hydrogen-bond acceptors (Lipinski definition) is 0. The number of halogens is 1. The molecule has 2 rings (SSSR count). The molecule has 106 valence electrons. The van der Waals surface area contributed by atoms with Gasteiger partial charge < -0.3 is 0 Å². The Balaban J connectivity index is 1.71. The highest BCUT2D eigenvalue weighted by Crippen LogP contribution is 2.41. The molecule has 2 aliphatic carbocycles. The van der Waals surface area contributed by atoms with Crippen molar-refractivity contribution in [1.29, 1.82) is 0 Å². The maximum atomic E-state index is 4.07. The van der Waals surface area contributed by atoms with Gasteiger partial charge >= 0.3 is 0 Å². The van der Waals surface area contributed by atoms with Crippen LogP contribution in [0.1, 0.15) is 84.0 Å². The summed E-state index contributed by atoms with van der Waals surface area (Å²) >= 11 is 4.07. The van der Waals surface area contributed by atoms with Crippen molar-refractivity contribution in [2.45, 2.75) is 88.8 Å². The quantitative estimate of drug-likeness (QED) is 0.520. The Morgan fingerprint density at radius 2 is 1.50 bits per heavy atom. The first kappa shape index (κ1) is 14.9. The number of alkyl halides is 1. The molecule has 0 N–H and O–H groups in total. The van der Waals surface area contributed by atoms with Crippen molar-refractivity contribution < 1.29 is 0 Å². The first-order valence-electron chi connectivity index (χ1n) is 8.45. The Labute approximate surface area is 122 Å². The molecule has 0 aliphatic heterocycles. The van der Waals surface area contributed by atoms with E-state index in [-0.39, 0.29) is 0 Å². The molecule has 1 unspecified atom stereocenters. The molecule has 0 heterocycles. The maximum absolute atomic E-state index is 4.07. The molecule has 0 bridgehead atoms. The fourth-order valence-electron chi connectivity index (χ4n) is 4.13. The fraction of sp³-hybridized carbons (Fsp3) is 1.00. The third kappa shape index (κ3) is 4.25. The first-order valence-corrected chi connectivity index (χ1v) is 9.37. The molecule has 2 fully saturated rings. The van der Waals surface area contributed by atoms with Crippen LogP contribution in [0.5, 0.6) is 0 Å². The van der Waals surface area contributed by atoms with Crippen molar-refractivity contribution >= 4 is 15.9 Å². The Kier molecular flexibility index (Phi) is 6.55. The summed E-state index contributed by atoms with van der Waals surface area (Å²) in [5.41, 5.74) is 0. The van der Waals surface area contributed by atoms with E-state index < -0.39 is 0 Å². The molecule has 2 saturated carbocycles. The second-order valence-electron chi connectivity index (χ2n) is 6.77. The van der Waals surface area contributed by atoms with Gasteiger partial charge in [0.1, 0.15) is 0 Å². The average Bonchev–Trinajstić information content (AvgIpc) is 2.46. The van der Waals surface area contributed by atoms with Crippen molar-refractivity contribution in [3.8, 4) is 0 Å². The average molecular weight is 315 g/mol. The summed E-state index contributed by atoms with van der Waals surface area (Å²) in [7, 11) is 0. The van der Waals surface area contributed by atoms with E-state index in [9.17, 15) is 0 Å². The molecule has 0 aromatic rings. The van der Waals surface area contributed by atoms with E-state index in [2.05, 4.69) is 22.9 Å². The summed E-state index contributed by atoms with van der Waals surface area (Å²) in [6.45, 7) is 2.32. The third-order valence-corrected chi connectivity index (χ3v) is 6.90. The van der Waals surface area contributed by atoms with E-state index in [1.807, 2.05) is 0 Å². The van der Waals surface area contributed by atoms with Gasteiger partial charge in [-0.15, -0.1) is 0 Å². The molecule has 2 aliphatic rings. The van der Waals surface area contributed by atoms with Crippen LogP contribution in [0.3, 0.4) is 0 Å². The lowest BCUT2D eigenvalue weighted by atomic mass is 9.74. The van der Waals surface area contributed by atoms with Crippen LogP contribution in [-0.2, 0) is 0 Å². The highest BCUT2D eigenvalue weighted by Gasteiger charge is 2.31. The first-order chi connectivity index (χ1) is 8.81. The summed E-state index contributed by atoms with van der Waals surface area (Å²) in [4.78, 5) is 0.838. The van der Waals surface area contributed by atoms with Crippen LogP contribution in [0.15, 0.2) is 0 Å². The van der Waals surface area contributed by atoms with Crippen molar-refractivity contribution in [2.24, 2.45) is 17.8 Å². The van der Waals surface area contributed by atoms with Gasteiger partial charge in [0.25, 0.3) is 0 Å². The topological polar surface area (TPSA) is 0 Å². The Morgan fingerprint density at radius 3 is 2.11 bits per heavy atom. The van der Waals surface area contributed by atoms with Gasteiger partial charge in [-0.3, -0.25) is 0 Å². The third-order valence-electron chi connectivity index (χ3n) is 5.41. The molecule has 1 heteroatoms. The number of unbranched alkanes of at least 4 members (excludes halogenated alkanes) is 1. The lowest BCUT2D eigenvalue weighted by molar-refractivity contribution is 0.216. The summed E-state index contributed by atoms with van der Waals surface area (Å²) in [5.74, 6) is 3.05. The number of hydrogen-bond donors (Lipinski definition) is 0. The van der Waals surface area contributed by atoms with Crippen LogP contribution in [0, 0.1) is 17.8 Å². The molecule has 0 aromatic carbocycles. The molecule has 0 amide bonds. The molecule has 0 radical (unpaired) electrons. The molecular weight excluding hydrogens is 284 g/mol. The van der Waals surface area contributed by atoms with Crippen molar-refractivity contribution in [3.63, 3.8) is 0 Å². The second kappa shape index (κ2) is 7.92. The van der Waals surface area contributed by atoms with E-state index in [4.69, 9.17) is 0 Å². The zero-order chi connectivity index (χ0) is 12.8. The van der Waals surface area contributed by atoms with Crippen LogP contribution in [0.4, 0.5) is 0 Å². The van der Waals surface area contributed by atoms with E-state index in [0.717, 1.165) is 22.6 Å². The van der Waals surface area contributed by atoms with Crippen LogP contribution >= 0.6 is 15.9 Å². The highest BCUT2D eigenvalue weighted by atomic mass is 79.9. The van der Waals surface area contributed by atoms with E-state index in [1.165, 1.54) is 77.0 Å². The van der Waals surface area contributed by atoms with E-state index in [0.29, 0.717) is 0 Å². The standard InChI is InChI=1S/C17H31Br/c1-2-3-7-14-10-12-16(13-11-14)17(18)15-8-5-4-6-9-15/h14-17H,2-13H2,1H3. The zero-order valence-electron chi connectivity index (χ0n) is 12.2. The molecule has 0 spiro atoms. The minimum Gasteiger partial charge on any atom is -0.0885 e. The molecule has 0 nitrogen and oxygen atoms in total. The molecule has 0 aromatic heterocycles. The van der Waals surface area contributed by atoms with E-state index >= 15 is 0 Å². The largest absolute Gasteiger partial charge is 0.0885 e. The predicted molar refractivity (Wildman–Crippen MR) is 84.3 cm³/mol. The summed E-state index contributed by atoms with van der Waals surface area (Å²) in [6.07, 6.45) is 17.8. The highest BCUT2D eigenvalue weighted by molar-refractivity contribution is 9.09.